The zero-order valence-corrected chi connectivity index (χ0v) is 17.9. The highest BCUT2D eigenvalue weighted by Gasteiger charge is 2.11. The van der Waals surface area contributed by atoms with Crippen LogP contribution < -0.4 is 10.7 Å². The number of nitrogens with zero attached hydrogens (tertiary/aromatic N) is 1. The molecule has 142 valence electrons. The molecule has 28 heavy (non-hydrogen) atoms. The second kappa shape index (κ2) is 9.14. The Bertz CT molecular complexity index is 1060. The summed E-state index contributed by atoms with van der Waals surface area (Å²) in [6.07, 6.45) is 0. The number of amides is 2. The number of hydrogen-bond donors (Lipinski definition) is 2. The largest absolute Gasteiger partial charge is 0.322 e. The van der Waals surface area contributed by atoms with Gasteiger partial charge in [-0.2, -0.15) is 5.10 Å². The number of halogens is 2. The first kappa shape index (κ1) is 20.3. The third kappa shape index (κ3) is 5.07. The van der Waals surface area contributed by atoms with Crippen LogP contribution in [0.4, 0.5) is 5.69 Å². The smallest absolute Gasteiger partial charge is 0.281 e. The van der Waals surface area contributed by atoms with Gasteiger partial charge in [-0.05, 0) is 64.8 Å². The van der Waals surface area contributed by atoms with Crippen LogP contribution in [0.5, 0.6) is 0 Å². The van der Waals surface area contributed by atoms with Gasteiger partial charge in [-0.15, -0.1) is 11.3 Å². The first-order valence-corrected chi connectivity index (χ1v) is 10.2. The lowest BCUT2D eigenvalue weighted by molar-refractivity contribution is 0.0958. The second-order valence-electron chi connectivity index (χ2n) is 5.76. The van der Waals surface area contributed by atoms with Gasteiger partial charge in [-0.3, -0.25) is 9.59 Å². The van der Waals surface area contributed by atoms with E-state index in [0.717, 1.165) is 9.35 Å². The molecular weight excluding hydrogens is 462 g/mol. The summed E-state index contributed by atoms with van der Waals surface area (Å²) in [5.41, 5.74) is 4.91. The van der Waals surface area contributed by atoms with Gasteiger partial charge in [0.05, 0.1) is 25.0 Å². The number of hydrazone groups is 1. The Hall–Kier alpha value is -2.48. The van der Waals surface area contributed by atoms with Crippen molar-refractivity contribution in [1.82, 2.24) is 5.43 Å². The summed E-state index contributed by atoms with van der Waals surface area (Å²) >= 11 is 10.7. The van der Waals surface area contributed by atoms with Crippen molar-refractivity contribution in [2.24, 2.45) is 5.10 Å². The fraction of sp³-hybridized carbons (Fsp3) is 0.0500. The van der Waals surface area contributed by atoms with Crippen molar-refractivity contribution in [3.63, 3.8) is 0 Å². The standard InChI is InChI=1S/C20H15BrClN3O2S/c1-12(24-25-20(27)17-9-10-18(21)28-17)13-5-4-6-14(11-13)23-19(26)15-7-2-3-8-16(15)22/h2-11H,1H3,(H,23,26)(H,25,27)/b24-12-. The maximum Gasteiger partial charge on any atom is 0.281 e. The number of carbonyl (C=O) groups is 2. The van der Waals surface area contributed by atoms with Crippen LogP contribution >= 0.6 is 38.9 Å². The average molecular weight is 477 g/mol. The summed E-state index contributed by atoms with van der Waals surface area (Å²) in [5, 5.41) is 7.35. The Kier molecular flexibility index (Phi) is 6.61. The van der Waals surface area contributed by atoms with Crippen LogP contribution in [0.1, 0.15) is 32.5 Å². The Morgan fingerprint density at radius 1 is 1.04 bits per heavy atom. The predicted molar refractivity (Wildman–Crippen MR) is 118 cm³/mol. The van der Waals surface area contributed by atoms with Gasteiger partial charge in [-0.1, -0.05) is 35.9 Å². The molecular formula is C20H15BrClN3O2S. The molecule has 2 amide bonds. The minimum absolute atomic E-state index is 0.279. The number of thiophene rings is 1. The number of benzene rings is 2. The maximum absolute atomic E-state index is 12.4. The third-order valence-electron chi connectivity index (χ3n) is 3.78. The molecule has 8 heteroatoms. The topological polar surface area (TPSA) is 70.6 Å². The maximum atomic E-state index is 12.4. The highest BCUT2D eigenvalue weighted by atomic mass is 79.9. The van der Waals surface area contributed by atoms with E-state index < -0.39 is 0 Å². The number of nitrogens with one attached hydrogen (secondary N) is 2. The van der Waals surface area contributed by atoms with E-state index in [1.807, 2.05) is 6.07 Å². The van der Waals surface area contributed by atoms with E-state index in [0.29, 0.717) is 26.9 Å². The second-order valence-corrected chi connectivity index (χ2v) is 8.63. The number of hydrogen-bond acceptors (Lipinski definition) is 4. The van der Waals surface area contributed by atoms with E-state index in [4.69, 9.17) is 11.6 Å². The fourth-order valence-electron chi connectivity index (χ4n) is 2.36. The summed E-state index contributed by atoms with van der Waals surface area (Å²) in [6.45, 7) is 1.78. The molecule has 1 aromatic heterocycles. The highest BCUT2D eigenvalue weighted by molar-refractivity contribution is 9.11. The normalized spacial score (nSPS) is 11.2. The van der Waals surface area contributed by atoms with Gasteiger partial charge >= 0.3 is 0 Å². The zero-order chi connectivity index (χ0) is 20.1. The van der Waals surface area contributed by atoms with Crippen LogP contribution in [0.2, 0.25) is 5.02 Å². The van der Waals surface area contributed by atoms with Crippen LogP contribution in [0.15, 0.2) is 69.6 Å². The molecule has 0 bridgehead atoms. The molecule has 0 radical (unpaired) electrons. The van der Waals surface area contributed by atoms with Crippen molar-refractivity contribution in [1.29, 1.82) is 0 Å². The fourth-order valence-corrected chi connectivity index (χ4v) is 3.85. The summed E-state index contributed by atoms with van der Waals surface area (Å²) in [5.74, 6) is -0.577. The van der Waals surface area contributed by atoms with Gasteiger partial charge in [0, 0.05) is 5.69 Å². The molecule has 3 aromatic rings. The highest BCUT2D eigenvalue weighted by Crippen LogP contribution is 2.22. The number of carbonyl (C=O) groups excluding carboxylic acids is 2. The van der Waals surface area contributed by atoms with E-state index in [-0.39, 0.29) is 11.8 Å². The summed E-state index contributed by atoms with van der Waals surface area (Å²) in [7, 11) is 0. The predicted octanol–water partition coefficient (Wildman–Crippen LogP) is 5.57. The van der Waals surface area contributed by atoms with E-state index >= 15 is 0 Å². The van der Waals surface area contributed by atoms with Crippen LogP contribution in [0.25, 0.3) is 0 Å². The van der Waals surface area contributed by atoms with E-state index in [1.54, 1.807) is 61.5 Å². The average Bonchev–Trinajstić information content (AvgIpc) is 3.13. The molecule has 0 spiro atoms. The molecule has 3 rings (SSSR count). The molecule has 0 fully saturated rings. The van der Waals surface area contributed by atoms with Gasteiger partial charge in [-0.25, -0.2) is 5.43 Å². The molecule has 5 nitrogen and oxygen atoms in total. The van der Waals surface area contributed by atoms with Crippen molar-refractivity contribution in [3.05, 3.63) is 85.5 Å². The van der Waals surface area contributed by atoms with Crippen LogP contribution in [-0.2, 0) is 0 Å². The van der Waals surface area contributed by atoms with Gasteiger partial charge in [0.1, 0.15) is 0 Å². The Morgan fingerprint density at radius 3 is 2.54 bits per heavy atom. The zero-order valence-electron chi connectivity index (χ0n) is 14.7. The van der Waals surface area contributed by atoms with Crippen molar-refractivity contribution in [2.45, 2.75) is 6.92 Å². The van der Waals surface area contributed by atoms with Gasteiger partial charge in [0.25, 0.3) is 11.8 Å². The number of rotatable bonds is 5. The summed E-state index contributed by atoms with van der Waals surface area (Å²) in [6, 6.07) is 17.6. The Labute approximate surface area is 179 Å². The summed E-state index contributed by atoms with van der Waals surface area (Å²) in [4.78, 5) is 25.1. The molecule has 0 saturated heterocycles. The minimum Gasteiger partial charge on any atom is -0.322 e. The third-order valence-corrected chi connectivity index (χ3v) is 5.73. The quantitative estimate of drug-likeness (QED) is 0.373. The lowest BCUT2D eigenvalue weighted by Gasteiger charge is -2.08. The Balaban J connectivity index is 1.70. The van der Waals surface area contributed by atoms with Crippen molar-refractivity contribution in [3.8, 4) is 0 Å². The molecule has 1 heterocycles. The van der Waals surface area contributed by atoms with E-state index in [9.17, 15) is 9.59 Å². The van der Waals surface area contributed by atoms with Crippen molar-refractivity contribution < 1.29 is 9.59 Å². The first-order valence-electron chi connectivity index (χ1n) is 8.20. The lowest BCUT2D eigenvalue weighted by Crippen LogP contribution is -2.18. The van der Waals surface area contributed by atoms with Crippen molar-refractivity contribution in [2.75, 3.05) is 5.32 Å². The molecule has 2 aromatic carbocycles. The molecule has 0 aliphatic rings. The van der Waals surface area contributed by atoms with Gasteiger partial charge < -0.3 is 5.32 Å². The number of anilines is 1. The molecule has 0 unspecified atom stereocenters. The summed E-state index contributed by atoms with van der Waals surface area (Å²) < 4.78 is 0.875. The van der Waals surface area contributed by atoms with Crippen molar-refractivity contribution >= 4 is 62.1 Å². The van der Waals surface area contributed by atoms with Gasteiger partial charge in [0.2, 0.25) is 0 Å². The minimum atomic E-state index is -0.297. The van der Waals surface area contributed by atoms with Gasteiger partial charge in [0.15, 0.2) is 0 Å². The molecule has 0 saturated carbocycles. The van der Waals surface area contributed by atoms with Crippen LogP contribution in [0.3, 0.4) is 0 Å². The molecule has 0 aliphatic carbocycles. The van der Waals surface area contributed by atoms with Crippen LogP contribution in [-0.4, -0.2) is 17.5 Å². The molecule has 0 aliphatic heterocycles. The van der Waals surface area contributed by atoms with E-state index in [1.165, 1.54) is 11.3 Å². The van der Waals surface area contributed by atoms with Crippen LogP contribution in [0, 0.1) is 0 Å². The SMILES string of the molecule is C/C(=N/NC(=O)c1ccc(Br)s1)c1cccc(NC(=O)c2ccccc2Cl)c1. The lowest BCUT2D eigenvalue weighted by atomic mass is 10.1. The Morgan fingerprint density at radius 2 is 1.82 bits per heavy atom. The first-order chi connectivity index (χ1) is 13.4. The molecule has 2 N–H and O–H groups in total. The molecule has 0 atom stereocenters. The van der Waals surface area contributed by atoms with E-state index in [2.05, 4.69) is 31.8 Å². The monoisotopic (exact) mass is 475 g/mol.